The molecule has 16 heteroatoms. The standard InChI is InChI=1S/C11H13FN2O4.C6H5FN2O2.C2H2F2O2/c1-11(2,3)18-10(17)14-7-5-13-8(12)4-6(7)9(15)16;7-5-1-3(6(10)11)4(8)2-9-5;3-2(4)1-6-5/h4-5H,1-3H3,(H,14,17)(H,15,16);1-2H,8H2,(H,10,11);1,5H. The molecule has 2 aromatic rings. The Morgan fingerprint density at radius 3 is 1.86 bits per heavy atom. The number of aromatic nitrogens is 2. The lowest BCUT2D eigenvalue weighted by molar-refractivity contribution is -0.189. The Kier molecular flexibility index (Phi) is 12.2. The number of hydrogen-bond acceptors (Lipinski definition) is 9. The van der Waals surface area contributed by atoms with Gasteiger partial charge in [0.2, 0.25) is 11.9 Å². The number of nitrogens with two attached hydrogens (primary N) is 1. The van der Waals surface area contributed by atoms with E-state index in [-0.39, 0.29) is 23.2 Å². The van der Waals surface area contributed by atoms with Crippen LogP contribution in [0.2, 0.25) is 0 Å². The average molecular weight is 508 g/mol. The molecule has 2 heterocycles. The highest BCUT2D eigenvalue weighted by Crippen LogP contribution is 2.17. The first-order valence-corrected chi connectivity index (χ1v) is 8.92. The number of pyridine rings is 2. The Morgan fingerprint density at radius 2 is 1.49 bits per heavy atom. The van der Waals surface area contributed by atoms with Gasteiger partial charge in [0.1, 0.15) is 5.60 Å². The van der Waals surface area contributed by atoms with Crippen LogP contribution in [0, 0.1) is 11.9 Å². The van der Waals surface area contributed by atoms with E-state index in [4.69, 9.17) is 25.9 Å². The van der Waals surface area contributed by atoms with Gasteiger partial charge in [-0.15, -0.1) is 0 Å². The largest absolute Gasteiger partial charge is 0.478 e. The van der Waals surface area contributed by atoms with Gasteiger partial charge < -0.3 is 25.6 Å². The van der Waals surface area contributed by atoms with Gasteiger partial charge in [-0.2, -0.15) is 17.6 Å². The third kappa shape index (κ3) is 13.0. The zero-order chi connectivity index (χ0) is 27.3. The van der Waals surface area contributed by atoms with Gasteiger partial charge in [-0.05, 0) is 20.8 Å². The summed E-state index contributed by atoms with van der Waals surface area (Å²) in [5, 5.41) is 26.6. The summed E-state index contributed by atoms with van der Waals surface area (Å²) in [4.78, 5) is 41.9. The SMILES string of the molecule is CC(C)(C)OC(=O)Nc1cnc(F)cc1C(=O)O.Nc1cnc(F)cc1C(=O)O.OOC=C(F)F. The molecule has 35 heavy (non-hydrogen) atoms. The molecule has 0 saturated carbocycles. The zero-order valence-electron chi connectivity index (χ0n) is 18.3. The molecule has 0 aromatic carbocycles. The highest BCUT2D eigenvalue weighted by Gasteiger charge is 2.19. The number of carbonyl (C=O) groups is 3. The second-order valence-corrected chi connectivity index (χ2v) is 6.90. The van der Waals surface area contributed by atoms with Gasteiger partial charge in [0, 0.05) is 12.1 Å². The fourth-order valence-corrected chi connectivity index (χ4v) is 1.79. The Hall–Kier alpha value is -4.47. The molecular weight excluding hydrogens is 488 g/mol. The van der Waals surface area contributed by atoms with Gasteiger partial charge >= 0.3 is 24.1 Å². The molecule has 192 valence electrons. The van der Waals surface area contributed by atoms with Crippen LogP contribution in [0.5, 0.6) is 0 Å². The van der Waals surface area contributed by atoms with Gasteiger partial charge in [-0.1, -0.05) is 0 Å². The summed E-state index contributed by atoms with van der Waals surface area (Å²) in [6.07, 6.45) is -1.07. The van der Waals surface area contributed by atoms with Crippen LogP contribution < -0.4 is 11.1 Å². The van der Waals surface area contributed by atoms with Crippen LogP contribution in [-0.2, 0) is 9.62 Å². The summed E-state index contributed by atoms with van der Waals surface area (Å²) in [6, 6.07) is 1.49. The van der Waals surface area contributed by atoms with Crippen LogP contribution in [0.4, 0.5) is 33.7 Å². The number of carbonyl (C=O) groups excluding carboxylic acids is 1. The molecule has 0 atom stereocenters. The van der Waals surface area contributed by atoms with Gasteiger partial charge in [0.05, 0.1) is 34.9 Å². The number of halogens is 4. The van der Waals surface area contributed by atoms with E-state index in [2.05, 4.69) is 20.2 Å². The predicted molar refractivity (Wildman–Crippen MR) is 111 cm³/mol. The number of aromatic carboxylic acids is 2. The lowest BCUT2D eigenvalue weighted by Crippen LogP contribution is -2.27. The van der Waals surface area contributed by atoms with Crippen molar-refractivity contribution in [2.75, 3.05) is 11.1 Å². The van der Waals surface area contributed by atoms with E-state index < -0.39 is 47.2 Å². The topological polar surface area (TPSA) is 194 Å². The Balaban J connectivity index is 0.000000574. The first-order valence-electron chi connectivity index (χ1n) is 8.92. The maximum atomic E-state index is 12.8. The van der Waals surface area contributed by atoms with E-state index in [1.54, 1.807) is 20.8 Å². The lowest BCUT2D eigenvalue weighted by Gasteiger charge is -2.19. The van der Waals surface area contributed by atoms with E-state index in [1.807, 2.05) is 0 Å². The van der Waals surface area contributed by atoms with Gasteiger partial charge in [-0.25, -0.2) is 29.6 Å². The summed E-state index contributed by atoms with van der Waals surface area (Å²) < 4.78 is 51.2. The molecule has 1 amide bonds. The number of carboxylic acids is 2. The first kappa shape index (κ1) is 30.5. The van der Waals surface area contributed by atoms with Crippen molar-refractivity contribution in [1.82, 2.24) is 9.97 Å². The van der Waals surface area contributed by atoms with Crippen molar-refractivity contribution in [3.05, 3.63) is 59.9 Å². The predicted octanol–water partition coefficient (Wildman–Crippen LogP) is 3.98. The van der Waals surface area contributed by atoms with E-state index in [0.717, 1.165) is 24.5 Å². The monoisotopic (exact) mass is 508 g/mol. The molecule has 0 spiro atoms. The van der Waals surface area contributed by atoms with Crippen LogP contribution in [0.1, 0.15) is 41.5 Å². The molecule has 0 bridgehead atoms. The van der Waals surface area contributed by atoms with Crippen LogP contribution in [0.3, 0.4) is 0 Å². The third-order valence-electron chi connectivity index (χ3n) is 3.01. The summed E-state index contributed by atoms with van der Waals surface area (Å²) in [7, 11) is 0. The minimum atomic E-state index is -2.06. The maximum absolute atomic E-state index is 12.8. The normalized spacial score (nSPS) is 9.83. The summed E-state index contributed by atoms with van der Waals surface area (Å²) in [5.41, 5.74) is 3.63. The van der Waals surface area contributed by atoms with Crippen LogP contribution in [-0.4, -0.2) is 49.1 Å². The molecule has 0 aliphatic carbocycles. The van der Waals surface area contributed by atoms with Crippen molar-refractivity contribution in [3.8, 4) is 0 Å². The highest BCUT2D eigenvalue weighted by atomic mass is 19.3. The van der Waals surface area contributed by atoms with Gasteiger partial charge in [0.25, 0.3) is 0 Å². The lowest BCUT2D eigenvalue weighted by atomic mass is 10.2. The van der Waals surface area contributed by atoms with E-state index in [0.29, 0.717) is 0 Å². The van der Waals surface area contributed by atoms with Crippen molar-refractivity contribution in [1.29, 1.82) is 0 Å². The molecule has 0 aliphatic heterocycles. The van der Waals surface area contributed by atoms with Crippen molar-refractivity contribution in [2.24, 2.45) is 0 Å². The Bertz CT molecular complexity index is 1070. The smallest absolute Gasteiger partial charge is 0.412 e. The van der Waals surface area contributed by atoms with Crippen LogP contribution in [0.15, 0.2) is 36.9 Å². The molecule has 0 aliphatic rings. The van der Waals surface area contributed by atoms with Crippen LogP contribution in [0.25, 0.3) is 0 Å². The maximum Gasteiger partial charge on any atom is 0.412 e. The number of hydrogen-bond donors (Lipinski definition) is 5. The molecule has 2 aromatic heterocycles. The number of carboxylic acid groups (broad SMARTS) is 2. The number of nitrogens with zero attached hydrogens (tertiary/aromatic N) is 2. The summed E-state index contributed by atoms with van der Waals surface area (Å²) in [6.45, 7) is 4.98. The van der Waals surface area contributed by atoms with E-state index in [1.165, 1.54) is 0 Å². The number of nitrogen functional groups attached to an aromatic ring is 1. The second-order valence-electron chi connectivity index (χ2n) is 6.90. The molecule has 0 radical (unpaired) electrons. The summed E-state index contributed by atoms with van der Waals surface area (Å²) in [5.74, 6) is -4.43. The molecule has 2 rings (SSSR count). The molecule has 0 saturated heterocycles. The fraction of sp³-hybridized carbons (Fsp3) is 0.211. The van der Waals surface area contributed by atoms with Gasteiger partial charge in [0.15, 0.2) is 6.26 Å². The van der Waals surface area contributed by atoms with E-state index in [9.17, 15) is 31.9 Å². The fourth-order valence-electron chi connectivity index (χ4n) is 1.79. The number of anilines is 2. The highest BCUT2D eigenvalue weighted by molar-refractivity contribution is 5.98. The van der Waals surface area contributed by atoms with Crippen molar-refractivity contribution in [3.63, 3.8) is 0 Å². The third-order valence-corrected chi connectivity index (χ3v) is 3.01. The summed E-state index contributed by atoms with van der Waals surface area (Å²) >= 11 is 0. The average Bonchev–Trinajstić information content (AvgIpc) is 2.70. The minimum absolute atomic E-state index is 0.0427. The van der Waals surface area contributed by atoms with Crippen LogP contribution >= 0.6 is 0 Å². The van der Waals surface area contributed by atoms with Crippen molar-refractivity contribution >= 4 is 29.4 Å². The minimum Gasteiger partial charge on any atom is -0.478 e. The number of ether oxygens (including phenoxy) is 1. The number of amides is 1. The van der Waals surface area contributed by atoms with E-state index >= 15 is 0 Å². The zero-order valence-corrected chi connectivity index (χ0v) is 18.3. The van der Waals surface area contributed by atoms with Crippen molar-refractivity contribution in [2.45, 2.75) is 26.4 Å². The quantitative estimate of drug-likeness (QED) is 0.132. The molecule has 6 N–H and O–H groups in total. The second kappa shape index (κ2) is 13.9. The molecule has 0 unspecified atom stereocenters. The molecular formula is C19H20F4N4O8. The Morgan fingerprint density at radius 1 is 1.00 bits per heavy atom. The van der Waals surface area contributed by atoms with Crippen molar-refractivity contribution < 1.29 is 57.0 Å². The number of rotatable bonds is 4. The Labute approximate surface area is 194 Å². The number of nitrogens with one attached hydrogen (secondary N) is 1. The first-order chi connectivity index (χ1) is 16.1. The molecule has 0 fully saturated rings. The molecule has 12 nitrogen and oxygen atoms in total. The van der Waals surface area contributed by atoms with Gasteiger partial charge in [-0.3, -0.25) is 5.32 Å².